The number of aryl methyl sites for hydroxylation is 3. The van der Waals surface area contributed by atoms with Gasteiger partial charge in [0, 0.05) is 23.7 Å². The van der Waals surface area contributed by atoms with Crippen molar-refractivity contribution in [3.63, 3.8) is 0 Å². The summed E-state index contributed by atoms with van der Waals surface area (Å²) in [7, 11) is 1.82. The van der Waals surface area contributed by atoms with E-state index in [4.69, 9.17) is 5.73 Å². The number of nitrogens with two attached hydrogens (primary N) is 1. The average molecular weight is 328 g/mol. The maximum absolute atomic E-state index is 12.1. The molecule has 0 aliphatic heterocycles. The molecule has 2 aromatic heterocycles. The molecule has 0 fully saturated rings. The predicted molar refractivity (Wildman–Crippen MR) is 85.3 cm³/mol. The molecule has 0 spiro atoms. The van der Waals surface area contributed by atoms with Crippen molar-refractivity contribution in [3.8, 4) is 0 Å². The van der Waals surface area contributed by atoms with Gasteiger partial charge in [-0.1, -0.05) is 0 Å². The quantitative estimate of drug-likeness (QED) is 0.878. The molecule has 8 heteroatoms. The second kappa shape index (κ2) is 6.13. The van der Waals surface area contributed by atoms with Crippen molar-refractivity contribution >= 4 is 34.8 Å². The van der Waals surface area contributed by atoms with Crippen LogP contribution in [0.25, 0.3) is 0 Å². The van der Waals surface area contributed by atoms with Gasteiger partial charge in [0.1, 0.15) is 0 Å². The number of hydrogen-bond acceptors (Lipinski definition) is 5. The molecule has 0 radical (unpaired) electrons. The van der Waals surface area contributed by atoms with E-state index in [1.807, 2.05) is 14.0 Å². The van der Waals surface area contributed by atoms with Gasteiger partial charge in [-0.15, -0.1) is 23.7 Å². The van der Waals surface area contributed by atoms with E-state index in [0.717, 1.165) is 30.7 Å². The normalized spacial score (nSPS) is 17.0. The smallest absolute Gasteiger partial charge is 0.277 e. The fourth-order valence-corrected chi connectivity index (χ4v) is 3.38. The number of thiazole rings is 1. The number of nitrogens with one attached hydrogen (secondary N) is 1. The van der Waals surface area contributed by atoms with E-state index < -0.39 is 0 Å². The minimum Gasteiger partial charge on any atom is -0.327 e. The van der Waals surface area contributed by atoms with Gasteiger partial charge in [0.15, 0.2) is 10.8 Å². The summed E-state index contributed by atoms with van der Waals surface area (Å²) < 4.78 is 1.68. The Bertz CT molecular complexity index is 646. The van der Waals surface area contributed by atoms with Gasteiger partial charge < -0.3 is 5.73 Å². The topological polar surface area (TPSA) is 85.8 Å². The Kier molecular flexibility index (Phi) is 4.65. The molecule has 1 aliphatic rings. The molecule has 0 saturated carbocycles. The lowest BCUT2D eigenvalue weighted by molar-refractivity contribution is 0.102. The second-order valence-corrected chi connectivity index (χ2v) is 6.22. The zero-order valence-corrected chi connectivity index (χ0v) is 13.6. The van der Waals surface area contributed by atoms with Gasteiger partial charge in [-0.3, -0.25) is 14.8 Å². The summed E-state index contributed by atoms with van der Waals surface area (Å²) in [6.07, 6.45) is 2.71. The van der Waals surface area contributed by atoms with Crippen LogP contribution in [0.5, 0.6) is 0 Å². The van der Waals surface area contributed by atoms with Crippen molar-refractivity contribution in [2.45, 2.75) is 32.2 Å². The minimum absolute atomic E-state index is 0. The van der Waals surface area contributed by atoms with E-state index in [1.54, 1.807) is 10.7 Å². The summed E-state index contributed by atoms with van der Waals surface area (Å²) >= 11 is 1.52. The molecule has 114 valence electrons. The number of hydrogen-bond donors (Lipinski definition) is 2. The Labute approximate surface area is 133 Å². The molecule has 0 saturated heterocycles. The number of rotatable bonds is 2. The van der Waals surface area contributed by atoms with E-state index in [-0.39, 0.29) is 24.4 Å². The van der Waals surface area contributed by atoms with Crippen LogP contribution in [0, 0.1) is 6.92 Å². The van der Waals surface area contributed by atoms with Crippen LogP contribution < -0.4 is 11.1 Å². The molecule has 21 heavy (non-hydrogen) atoms. The number of halogens is 1. The van der Waals surface area contributed by atoms with Crippen molar-refractivity contribution in [2.75, 3.05) is 5.32 Å². The van der Waals surface area contributed by atoms with Crippen LogP contribution in [0.2, 0.25) is 0 Å². The molecule has 1 atom stereocenters. The second-order valence-electron chi connectivity index (χ2n) is 5.14. The summed E-state index contributed by atoms with van der Waals surface area (Å²) in [5.74, 6) is -0.218. The molecule has 3 rings (SSSR count). The van der Waals surface area contributed by atoms with Crippen molar-refractivity contribution in [2.24, 2.45) is 12.8 Å². The molecule has 1 aliphatic carbocycles. The maximum Gasteiger partial charge on any atom is 0.277 e. The third kappa shape index (κ3) is 3.25. The van der Waals surface area contributed by atoms with Crippen LogP contribution >= 0.6 is 23.7 Å². The number of fused-ring (bicyclic) bond motifs is 1. The van der Waals surface area contributed by atoms with E-state index in [0.29, 0.717) is 10.8 Å². The van der Waals surface area contributed by atoms with E-state index in [9.17, 15) is 4.79 Å². The fraction of sp³-hybridized carbons (Fsp3) is 0.462. The SMILES string of the molecule is Cc1cc(C(=O)Nc2nc3c(s2)C[C@@H](N)CC3)nn1C.Cl. The van der Waals surface area contributed by atoms with Gasteiger partial charge in [-0.05, 0) is 32.3 Å². The molecule has 3 N–H and O–H groups in total. The molecule has 2 heterocycles. The average Bonchev–Trinajstić information content (AvgIpc) is 2.93. The van der Waals surface area contributed by atoms with Crippen LogP contribution in [0.15, 0.2) is 6.07 Å². The van der Waals surface area contributed by atoms with Crippen LogP contribution in [-0.4, -0.2) is 26.7 Å². The summed E-state index contributed by atoms with van der Waals surface area (Å²) in [4.78, 5) is 17.8. The Morgan fingerprint density at radius 1 is 1.57 bits per heavy atom. The van der Waals surface area contributed by atoms with Crippen molar-refractivity contribution in [1.82, 2.24) is 14.8 Å². The highest BCUT2D eigenvalue weighted by Gasteiger charge is 2.21. The molecule has 6 nitrogen and oxygen atoms in total. The Hall–Kier alpha value is -1.44. The van der Waals surface area contributed by atoms with E-state index in [1.165, 1.54) is 16.2 Å². The molecule has 0 aromatic carbocycles. The lowest BCUT2D eigenvalue weighted by Gasteiger charge is -2.15. The maximum atomic E-state index is 12.1. The number of aromatic nitrogens is 3. The Morgan fingerprint density at radius 2 is 2.33 bits per heavy atom. The van der Waals surface area contributed by atoms with Crippen molar-refractivity contribution < 1.29 is 4.79 Å². The summed E-state index contributed by atoms with van der Waals surface area (Å²) in [5.41, 5.74) is 8.38. The summed E-state index contributed by atoms with van der Waals surface area (Å²) in [6, 6.07) is 1.98. The minimum atomic E-state index is -0.218. The van der Waals surface area contributed by atoms with Gasteiger partial charge in [-0.2, -0.15) is 5.10 Å². The highest BCUT2D eigenvalue weighted by atomic mass is 35.5. The summed E-state index contributed by atoms with van der Waals surface area (Å²) in [6.45, 7) is 1.91. The van der Waals surface area contributed by atoms with E-state index in [2.05, 4.69) is 15.4 Å². The third-order valence-electron chi connectivity index (χ3n) is 3.54. The van der Waals surface area contributed by atoms with Crippen LogP contribution in [-0.2, 0) is 19.9 Å². The first kappa shape index (κ1) is 15.9. The van der Waals surface area contributed by atoms with Gasteiger partial charge in [-0.25, -0.2) is 4.98 Å². The first-order valence-corrected chi connectivity index (χ1v) is 7.40. The zero-order valence-electron chi connectivity index (χ0n) is 11.9. The first-order valence-electron chi connectivity index (χ1n) is 6.59. The lowest BCUT2D eigenvalue weighted by atomic mass is 9.99. The van der Waals surface area contributed by atoms with Crippen LogP contribution in [0.4, 0.5) is 5.13 Å². The summed E-state index contributed by atoms with van der Waals surface area (Å²) in [5, 5.41) is 7.62. The lowest BCUT2D eigenvalue weighted by Crippen LogP contribution is -2.27. The third-order valence-corrected chi connectivity index (χ3v) is 4.58. The van der Waals surface area contributed by atoms with Gasteiger partial charge in [0.05, 0.1) is 5.69 Å². The first-order chi connectivity index (χ1) is 9.52. The van der Waals surface area contributed by atoms with Crippen LogP contribution in [0.3, 0.4) is 0 Å². The largest absolute Gasteiger partial charge is 0.327 e. The number of carbonyl (C=O) groups is 1. The zero-order chi connectivity index (χ0) is 14.3. The molecule has 0 unspecified atom stereocenters. The molecular formula is C13H18ClN5OS. The fourth-order valence-electron chi connectivity index (χ4n) is 2.29. The van der Waals surface area contributed by atoms with Gasteiger partial charge in [0.2, 0.25) is 0 Å². The monoisotopic (exact) mass is 327 g/mol. The molecule has 0 bridgehead atoms. The van der Waals surface area contributed by atoms with Crippen LogP contribution in [0.1, 0.15) is 33.2 Å². The highest BCUT2D eigenvalue weighted by molar-refractivity contribution is 7.15. The molecule has 2 aromatic rings. The Morgan fingerprint density at radius 3 is 3.00 bits per heavy atom. The number of anilines is 1. The molecule has 1 amide bonds. The van der Waals surface area contributed by atoms with E-state index >= 15 is 0 Å². The number of amides is 1. The van der Waals surface area contributed by atoms with Crippen molar-refractivity contribution in [3.05, 3.63) is 28.0 Å². The highest BCUT2D eigenvalue weighted by Crippen LogP contribution is 2.29. The number of carbonyl (C=O) groups excluding carboxylic acids is 1. The number of nitrogens with zero attached hydrogens (tertiary/aromatic N) is 3. The molecular weight excluding hydrogens is 310 g/mol. The predicted octanol–water partition coefficient (Wildman–Crippen LogP) is 1.68. The standard InChI is InChI=1S/C13H17N5OS.ClH/c1-7-5-10(17-18(7)2)12(19)16-13-15-9-4-3-8(14)6-11(9)20-13;/h5,8H,3-4,6,14H2,1-2H3,(H,15,16,19);1H/t8-;/m0./s1. The van der Waals surface area contributed by atoms with Gasteiger partial charge >= 0.3 is 0 Å². The van der Waals surface area contributed by atoms with Gasteiger partial charge in [0.25, 0.3) is 5.91 Å². The Balaban J connectivity index is 0.00000161. The van der Waals surface area contributed by atoms with Crippen molar-refractivity contribution in [1.29, 1.82) is 0 Å².